The number of ether oxygens (including phenoxy) is 1. The highest BCUT2D eigenvalue weighted by Crippen LogP contribution is 2.26. The van der Waals surface area contributed by atoms with Crippen molar-refractivity contribution in [2.75, 3.05) is 0 Å². The summed E-state index contributed by atoms with van der Waals surface area (Å²) >= 11 is 0. The number of aryl methyl sites for hydroxylation is 1. The van der Waals surface area contributed by atoms with Crippen LogP contribution in [0.25, 0.3) is 0 Å². The summed E-state index contributed by atoms with van der Waals surface area (Å²) in [6.45, 7) is 5.12. The van der Waals surface area contributed by atoms with Crippen LogP contribution in [0.1, 0.15) is 128 Å². The van der Waals surface area contributed by atoms with Gasteiger partial charge in [-0.05, 0) is 42.9 Å². The largest absolute Gasteiger partial charge is 0.428 e. The number of carbonyl (C=O) groups is 1. The molecule has 0 atom stereocenters. The van der Waals surface area contributed by atoms with Crippen LogP contribution in [0.3, 0.4) is 0 Å². The van der Waals surface area contributed by atoms with Crippen molar-refractivity contribution < 1.29 is 9.53 Å². The molecule has 0 radical (unpaired) electrons. The minimum absolute atomic E-state index is 0.576. The van der Waals surface area contributed by atoms with E-state index in [4.69, 9.17) is 4.74 Å². The fourth-order valence-electron chi connectivity index (χ4n) is 4.18. The maximum absolute atomic E-state index is 10.9. The van der Waals surface area contributed by atoms with Crippen LogP contribution in [0.2, 0.25) is 0 Å². The van der Waals surface area contributed by atoms with Crippen LogP contribution < -0.4 is 4.74 Å². The van der Waals surface area contributed by atoms with Gasteiger partial charge >= 0.3 is 0 Å². The molecule has 0 saturated carbocycles. The Morgan fingerprint density at radius 1 is 0.655 bits per heavy atom. The van der Waals surface area contributed by atoms with E-state index in [1.54, 1.807) is 0 Å². The van der Waals surface area contributed by atoms with E-state index in [0.29, 0.717) is 6.47 Å². The molecule has 0 spiro atoms. The molecule has 29 heavy (non-hydrogen) atoms. The smallest absolute Gasteiger partial charge is 0.298 e. The number of hydrogen-bond acceptors (Lipinski definition) is 2. The van der Waals surface area contributed by atoms with Crippen molar-refractivity contribution in [1.82, 2.24) is 0 Å². The number of carbonyl (C=O) groups excluding carboxylic acids is 1. The maximum Gasteiger partial charge on any atom is 0.298 e. The Hall–Kier alpha value is -1.31. The summed E-state index contributed by atoms with van der Waals surface area (Å²) < 4.78 is 5.30. The summed E-state index contributed by atoms with van der Waals surface area (Å²) in [5.41, 5.74) is 2.66. The second-order valence-electron chi connectivity index (χ2n) is 8.56. The summed E-state index contributed by atoms with van der Waals surface area (Å²) in [7, 11) is 0. The Kier molecular flexibility index (Phi) is 16.6. The minimum atomic E-state index is 0.576. The quantitative estimate of drug-likeness (QED) is 0.161. The van der Waals surface area contributed by atoms with Crippen LogP contribution in [0.5, 0.6) is 5.75 Å². The number of unbranched alkanes of at least 4 members (excludes halogenated alkanes) is 14. The average Bonchev–Trinajstić information content (AvgIpc) is 2.73. The maximum atomic E-state index is 10.9. The molecule has 0 N–H and O–H groups in total. The number of rotatable bonds is 20. The summed E-state index contributed by atoms with van der Waals surface area (Å²) in [5.74, 6) is 0.778. The Morgan fingerprint density at radius 3 is 1.66 bits per heavy atom. The van der Waals surface area contributed by atoms with E-state index in [9.17, 15) is 4.79 Å². The highest BCUT2D eigenvalue weighted by atomic mass is 16.5. The molecule has 2 heteroatoms. The SMILES string of the molecule is CCCCCCCCCCc1cccc(OC=O)c1CCCCCCCCCC. The van der Waals surface area contributed by atoms with Crippen molar-refractivity contribution in [3.05, 3.63) is 29.3 Å². The fourth-order valence-corrected chi connectivity index (χ4v) is 4.18. The van der Waals surface area contributed by atoms with E-state index in [2.05, 4.69) is 19.9 Å². The molecule has 0 aromatic heterocycles. The van der Waals surface area contributed by atoms with Crippen LogP contribution in [0.4, 0.5) is 0 Å². The summed E-state index contributed by atoms with van der Waals surface area (Å²) in [5, 5.41) is 0. The lowest BCUT2D eigenvalue weighted by molar-refractivity contribution is -0.120. The Bertz CT molecular complexity index is 509. The lowest BCUT2D eigenvalue weighted by Crippen LogP contribution is -2.01. The van der Waals surface area contributed by atoms with Crippen LogP contribution in [0.15, 0.2) is 18.2 Å². The van der Waals surface area contributed by atoms with Crippen molar-refractivity contribution in [3.63, 3.8) is 0 Å². The molecule has 1 rings (SSSR count). The third-order valence-electron chi connectivity index (χ3n) is 5.99. The highest BCUT2D eigenvalue weighted by Gasteiger charge is 2.10. The molecule has 166 valence electrons. The molecule has 0 fully saturated rings. The van der Waals surface area contributed by atoms with Gasteiger partial charge in [-0.3, -0.25) is 4.79 Å². The molecule has 0 aliphatic carbocycles. The van der Waals surface area contributed by atoms with Crippen LogP contribution in [0, 0.1) is 0 Å². The predicted molar refractivity (Wildman–Crippen MR) is 126 cm³/mol. The molecule has 0 unspecified atom stereocenters. The molecule has 2 nitrogen and oxygen atoms in total. The second-order valence-corrected chi connectivity index (χ2v) is 8.56. The number of hydrogen-bond donors (Lipinski definition) is 0. The summed E-state index contributed by atoms with van der Waals surface area (Å²) in [6, 6.07) is 6.22. The van der Waals surface area contributed by atoms with E-state index in [0.717, 1.165) is 18.6 Å². The normalized spacial score (nSPS) is 11.0. The van der Waals surface area contributed by atoms with Crippen molar-refractivity contribution in [2.24, 2.45) is 0 Å². The van der Waals surface area contributed by atoms with Crippen molar-refractivity contribution in [3.8, 4) is 5.75 Å². The van der Waals surface area contributed by atoms with Gasteiger partial charge in [-0.25, -0.2) is 0 Å². The molecular formula is C27H46O2. The van der Waals surface area contributed by atoms with Gasteiger partial charge < -0.3 is 4.74 Å². The monoisotopic (exact) mass is 402 g/mol. The first-order valence-corrected chi connectivity index (χ1v) is 12.5. The van der Waals surface area contributed by atoms with Gasteiger partial charge in [0.1, 0.15) is 5.75 Å². The molecule has 0 heterocycles. The van der Waals surface area contributed by atoms with Gasteiger partial charge in [0.05, 0.1) is 0 Å². The third-order valence-corrected chi connectivity index (χ3v) is 5.99. The van der Waals surface area contributed by atoms with Gasteiger partial charge in [-0.2, -0.15) is 0 Å². The van der Waals surface area contributed by atoms with Gasteiger partial charge in [-0.1, -0.05) is 116 Å². The highest BCUT2D eigenvalue weighted by molar-refractivity contribution is 5.50. The van der Waals surface area contributed by atoms with Crippen LogP contribution >= 0.6 is 0 Å². The van der Waals surface area contributed by atoms with Gasteiger partial charge in [0, 0.05) is 0 Å². The van der Waals surface area contributed by atoms with E-state index in [-0.39, 0.29) is 0 Å². The minimum Gasteiger partial charge on any atom is -0.428 e. The molecular weight excluding hydrogens is 356 g/mol. The third kappa shape index (κ3) is 12.8. The number of benzene rings is 1. The Morgan fingerprint density at radius 2 is 1.14 bits per heavy atom. The first-order chi connectivity index (χ1) is 14.3. The van der Waals surface area contributed by atoms with Gasteiger partial charge in [0.25, 0.3) is 6.47 Å². The first-order valence-electron chi connectivity index (χ1n) is 12.5. The molecule has 1 aromatic carbocycles. The van der Waals surface area contributed by atoms with Crippen molar-refractivity contribution >= 4 is 6.47 Å². The molecule has 0 amide bonds. The van der Waals surface area contributed by atoms with E-state index in [1.807, 2.05) is 12.1 Å². The van der Waals surface area contributed by atoms with E-state index < -0.39 is 0 Å². The molecule has 0 aliphatic rings. The van der Waals surface area contributed by atoms with Crippen LogP contribution in [-0.2, 0) is 17.6 Å². The van der Waals surface area contributed by atoms with Gasteiger partial charge in [0.2, 0.25) is 0 Å². The zero-order valence-corrected chi connectivity index (χ0v) is 19.4. The lowest BCUT2D eigenvalue weighted by Gasteiger charge is -2.13. The van der Waals surface area contributed by atoms with E-state index in [1.165, 1.54) is 114 Å². The fraction of sp³-hybridized carbons (Fsp3) is 0.741. The first kappa shape index (κ1) is 25.7. The Balaban J connectivity index is 2.37. The Labute approximate surface area is 180 Å². The van der Waals surface area contributed by atoms with Gasteiger partial charge in [-0.15, -0.1) is 0 Å². The molecule has 0 bridgehead atoms. The average molecular weight is 403 g/mol. The summed E-state index contributed by atoms with van der Waals surface area (Å²) in [4.78, 5) is 10.9. The standard InChI is InChI=1S/C27H46O2/c1-3-5-7-9-11-13-15-17-20-25-21-19-23-27(29-24-28)26(25)22-18-16-14-12-10-8-6-4-2/h19,21,23-24H,3-18,20,22H2,1-2H3. The lowest BCUT2D eigenvalue weighted by atomic mass is 9.95. The second kappa shape index (κ2) is 18.7. The zero-order chi connectivity index (χ0) is 21.0. The zero-order valence-electron chi connectivity index (χ0n) is 19.4. The van der Waals surface area contributed by atoms with Gasteiger partial charge in [0.15, 0.2) is 0 Å². The topological polar surface area (TPSA) is 26.3 Å². The molecule has 0 saturated heterocycles. The van der Waals surface area contributed by atoms with Crippen LogP contribution in [-0.4, -0.2) is 6.47 Å². The van der Waals surface area contributed by atoms with E-state index >= 15 is 0 Å². The predicted octanol–water partition coefficient (Wildman–Crippen LogP) is 8.59. The molecule has 1 aromatic rings. The molecule has 0 aliphatic heterocycles. The summed E-state index contributed by atoms with van der Waals surface area (Å²) in [6.07, 6.45) is 23.5. The van der Waals surface area contributed by atoms with Crippen molar-refractivity contribution in [2.45, 2.75) is 129 Å². The van der Waals surface area contributed by atoms with Crippen molar-refractivity contribution in [1.29, 1.82) is 0 Å².